The molecule has 0 fully saturated rings. The summed E-state index contributed by atoms with van der Waals surface area (Å²) in [7, 11) is 0. The summed E-state index contributed by atoms with van der Waals surface area (Å²) >= 11 is 0. The number of fused-ring (bicyclic) bond motifs is 3. The minimum atomic E-state index is -5.05. The van der Waals surface area contributed by atoms with Gasteiger partial charge >= 0.3 is 18.2 Å². The Balaban J connectivity index is 1.34. The molecule has 2 N–H and O–H groups in total. The summed E-state index contributed by atoms with van der Waals surface area (Å²) in [5.74, 6) is -2.12. The van der Waals surface area contributed by atoms with E-state index < -0.39 is 52.2 Å². The summed E-state index contributed by atoms with van der Waals surface area (Å²) in [6.07, 6.45) is -4.22. The van der Waals surface area contributed by atoms with Crippen LogP contribution in [0.5, 0.6) is 17.2 Å². The first-order chi connectivity index (χ1) is 22.3. The monoisotopic (exact) mass is 650 g/mol. The fourth-order valence-corrected chi connectivity index (χ4v) is 5.25. The lowest BCUT2D eigenvalue weighted by Gasteiger charge is -2.23. The smallest absolute Gasteiger partial charge is 0.450 e. The number of hydrogen-bond acceptors (Lipinski definition) is 8. The molecule has 3 aromatic carbocycles. The van der Waals surface area contributed by atoms with Crippen LogP contribution in [0.4, 0.5) is 18.0 Å². The van der Waals surface area contributed by atoms with Gasteiger partial charge in [0.2, 0.25) is 11.2 Å². The van der Waals surface area contributed by atoms with Gasteiger partial charge in [0.1, 0.15) is 36.2 Å². The van der Waals surface area contributed by atoms with Crippen LogP contribution in [0.3, 0.4) is 0 Å². The first kappa shape index (κ1) is 31.5. The second-order valence-corrected chi connectivity index (χ2v) is 11.8. The van der Waals surface area contributed by atoms with Gasteiger partial charge in [0.25, 0.3) is 0 Å². The number of para-hydroxylation sites is 1. The van der Waals surface area contributed by atoms with E-state index in [1.165, 1.54) is 30.3 Å². The number of carbonyl (C=O) groups excluding carboxylic acids is 2. The molecule has 3 heterocycles. The molecule has 2 aromatic heterocycles. The average molecular weight is 651 g/mol. The molecule has 0 aliphatic carbocycles. The number of esters is 1. The molecule has 1 aliphatic rings. The predicted octanol–water partition coefficient (Wildman–Crippen LogP) is 6.77. The number of hydrogen-bond donors (Lipinski definition) is 2. The normalized spacial score (nSPS) is 13.7. The zero-order chi connectivity index (χ0) is 33.5. The molecule has 0 spiro atoms. The van der Waals surface area contributed by atoms with Crippen LogP contribution in [0.2, 0.25) is 0 Å². The summed E-state index contributed by atoms with van der Waals surface area (Å²) in [4.78, 5) is 42.8. The van der Waals surface area contributed by atoms with Gasteiger partial charge in [-0.3, -0.25) is 4.79 Å². The molecule has 0 bridgehead atoms. The van der Waals surface area contributed by atoms with E-state index in [1.807, 2.05) is 24.3 Å². The fraction of sp³-hybridized carbons (Fsp3) is 0.265. The van der Waals surface area contributed by atoms with Crippen LogP contribution in [0, 0.1) is 0 Å². The number of carbonyl (C=O) groups is 2. The van der Waals surface area contributed by atoms with Crippen molar-refractivity contribution in [1.29, 1.82) is 0 Å². The lowest BCUT2D eigenvalue weighted by Crippen LogP contribution is -2.46. The first-order valence-corrected chi connectivity index (χ1v) is 14.6. The lowest BCUT2D eigenvalue weighted by atomic mass is 10.0. The maximum Gasteiger partial charge on any atom is 0.450 e. The van der Waals surface area contributed by atoms with Crippen LogP contribution in [0.25, 0.3) is 33.0 Å². The van der Waals surface area contributed by atoms with Gasteiger partial charge in [-0.25, -0.2) is 9.59 Å². The maximum atomic E-state index is 14.3. The standard InChI is InChI=1S/C34H29F3N2O8/c1-33(2,3)47-32(42)39-24(14-19-17-38-23-7-5-4-6-21(19)23)31(41)45-20-9-10-22-26(16-20)46-30(34(35,36)37)28(29(22)40)18-8-11-25-27(15-18)44-13-12-43-25/h4-11,15-17,24,38H,12-14H2,1-3H3,(H,39,42)/t24-/m0/s1. The van der Waals surface area contributed by atoms with E-state index in [2.05, 4.69) is 10.3 Å². The molecule has 5 aromatic rings. The lowest BCUT2D eigenvalue weighted by molar-refractivity contribution is -0.152. The molecule has 0 saturated carbocycles. The number of ether oxygens (including phenoxy) is 4. The minimum absolute atomic E-state index is 0.00185. The summed E-state index contributed by atoms with van der Waals surface area (Å²) < 4.78 is 70.0. The van der Waals surface area contributed by atoms with Crippen LogP contribution in [0.15, 0.2) is 76.1 Å². The van der Waals surface area contributed by atoms with E-state index in [0.717, 1.165) is 17.0 Å². The molecule has 13 heteroatoms. The summed E-state index contributed by atoms with van der Waals surface area (Å²) in [5.41, 5.74) is -1.52. The van der Waals surface area contributed by atoms with Crippen LogP contribution in [-0.2, 0) is 22.1 Å². The van der Waals surface area contributed by atoms with E-state index in [-0.39, 0.29) is 42.1 Å². The molecule has 0 radical (unpaired) electrons. The van der Waals surface area contributed by atoms with Crippen LogP contribution >= 0.6 is 0 Å². The first-order valence-electron chi connectivity index (χ1n) is 14.6. The topological polar surface area (TPSA) is 129 Å². The predicted molar refractivity (Wildman–Crippen MR) is 165 cm³/mol. The highest BCUT2D eigenvalue weighted by Gasteiger charge is 2.40. The zero-order valence-corrected chi connectivity index (χ0v) is 25.4. The van der Waals surface area contributed by atoms with Gasteiger partial charge in [-0.05, 0) is 62.2 Å². The number of aromatic amines is 1. The summed E-state index contributed by atoms with van der Waals surface area (Å²) in [5, 5.41) is 3.17. The number of alkyl halides is 3. The van der Waals surface area contributed by atoms with E-state index in [1.54, 1.807) is 27.0 Å². The van der Waals surface area contributed by atoms with Crippen LogP contribution in [-0.4, -0.2) is 41.9 Å². The van der Waals surface area contributed by atoms with Gasteiger partial charge in [0.05, 0.1) is 10.9 Å². The van der Waals surface area contributed by atoms with Crippen molar-refractivity contribution in [2.45, 2.75) is 45.0 Å². The molecule has 244 valence electrons. The number of rotatable bonds is 6. The van der Waals surface area contributed by atoms with E-state index in [4.69, 9.17) is 23.4 Å². The molecule has 0 unspecified atom stereocenters. The third-order valence-corrected chi connectivity index (χ3v) is 7.25. The largest absolute Gasteiger partial charge is 0.486 e. The van der Waals surface area contributed by atoms with E-state index >= 15 is 0 Å². The highest BCUT2D eigenvalue weighted by atomic mass is 19.4. The SMILES string of the molecule is CC(C)(C)OC(=O)N[C@@H](Cc1c[nH]c2ccccc12)C(=O)Oc1ccc2c(=O)c(-c3ccc4c(c3)OCCO4)c(C(F)(F)F)oc2c1. The third kappa shape index (κ3) is 6.74. The van der Waals surface area contributed by atoms with E-state index in [9.17, 15) is 27.6 Å². The summed E-state index contributed by atoms with van der Waals surface area (Å²) in [6.45, 7) is 5.48. The van der Waals surface area contributed by atoms with Gasteiger partial charge in [-0.1, -0.05) is 24.3 Å². The summed E-state index contributed by atoms with van der Waals surface area (Å²) in [6, 6.07) is 13.6. The van der Waals surface area contributed by atoms with Crippen molar-refractivity contribution in [3.8, 4) is 28.4 Å². The van der Waals surface area contributed by atoms with Gasteiger partial charge in [0, 0.05) is 29.6 Å². The Labute approximate surface area is 265 Å². The number of H-pyrrole nitrogens is 1. The maximum absolute atomic E-state index is 14.3. The van der Waals surface area contributed by atoms with Crippen LogP contribution in [0.1, 0.15) is 32.1 Å². The molecular weight excluding hydrogens is 621 g/mol. The quantitative estimate of drug-likeness (QED) is 0.152. The number of alkyl carbamates (subject to hydrolysis) is 1. The molecule has 6 rings (SSSR count). The Morgan fingerprint density at radius 1 is 0.957 bits per heavy atom. The molecule has 1 aliphatic heterocycles. The van der Waals surface area contributed by atoms with Gasteiger partial charge < -0.3 is 33.7 Å². The fourth-order valence-electron chi connectivity index (χ4n) is 5.25. The number of nitrogens with one attached hydrogen (secondary N) is 2. The number of halogens is 3. The Bertz CT molecular complexity index is 2060. The van der Waals surface area contributed by atoms with Crippen molar-refractivity contribution >= 4 is 33.9 Å². The van der Waals surface area contributed by atoms with Crippen molar-refractivity contribution in [2.75, 3.05) is 13.2 Å². The minimum Gasteiger partial charge on any atom is -0.486 e. The highest BCUT2D eigenvalue weighted by molar-refractivity contribution is 5.88. The molecule has 1 amide bonds. The Morgan fingerprint density at radius 2 is 1.70 bits per heavy atom. The van der Waals surface area contributed by atoms with Crippen molar-refractivity contribution in [3.63, 3.8) is 0 Å². The number of amides is 1. The Morgan fingerprint density at radius 3 is 2.45 bits per heavy atom. The van der Waals surface area contributed by atoms with E-state index in [0.29, 0.717) is 11.3 Å². The zero-order valence-electron chi connectivity index (χ0n) is 25.4. The molecule has 47 heavy (non-hydrogen) atoms. The van der Waals surface area contributed by atoms with Gasteiger partial charge in [0.15, 0.2) is 11.5 Å². The Hall–Kier alpha value is -5.46. The molecule has 10 nitrogen and oxygen atoms in total. The van der Waals surface area contributed by atoms with Crippen LogP contribution < -0.4 is 25.0 Å². The molecule has 0 saturated heterocycles. The average Bonchev–Trinajstić information content (AvgIpc) is 3.41. The third-order valence-electron chi connectivity index (χ3n) is 7.25. The van der Waals surface area contributed by atoms with Crippen molar-refractivity contribution in [3.05, 3.63) is 88.4 Å². The number of benzene rings is 3. The molecule has 1 atom stereocenters. The van der Waals surface area contributed by atoms with Crippen molar-refractivity contribution in [1.82, 2.24) is 10.3 Å². The van der Waals surface area contributed by atoms with Crippen molar-refractivity contribution < 1.29 is 46.1 Å². The Kier molecular flexibility index (Phi) is 8.08. The van der Waals surface area contributed by atoms with Gasteiger partial charge in [-0.2, -0.15) is 13.2 Å². The van der Waals surface area contributed by atoms with Crippen molar-refractivity contribution in [2.24, 2.45) is 0 Å². The highest BCUT2D eigenvalue weighted by Crippen LogP contribution is 2.41. The number of aromatic nitrogens is 1. The second-order valence-electron chi connectivity index (χ2n) is 11.8. The van der Waals surface area contributed by atoms with Gasteiger partial charge in [-0.15, -0.1) is 0 Å². The second kappa shape index (κ2) is 12.0. The molecular formula is C34H29F3N2O8.